The summed E-state index contributed by atoms with van der Waals surface area (Å²) in [7, 11) is 3.55. The summed E-state index contributed by atoms with van der Waals surface area (Å²) in [5, 5.41) is 12.4. The van der Waals surface area contributed by atoms with Gasteiger partial charge in [0, 0.05) is 13.1 Å². The third-order valence-corrected chi connectivity index (χ3v) is 2.17. The molecule has 0 aromatic rings. The fourth-order valence-corrected chi connectivity index (χ4v) is 1.47. The Bertz CT molecular complexity index is 101. The average molecular weight is 128 g/mol. The van der Waals surface area contributed by atoms with E-state index in [2.05, 4.69) is 12.4 Å². The van der Waals surface area contributed by atoms with Crippen molar-refractivity contribution >= 4 is 0 Å². The van der Waals surface area contributed by atoms with Crippen molar-refractivity contribution < 1.29 is 5.11 Å². The van der Waals surface area contributed by atoms with E-state index in [1.807, 2.05) is 6.92 Å². The van der Waals surface area contributed by atoms with Crippen LogP contribution in [0, 0.1) is 7.05 Å². The highest BCUT2D eigenvalue weighted by molar-refractivity contribution is 4.93. The lowest BCUT2D eigenvalue weighted by Crippen LogP contribution is -2.41. The smallest absolute Gasteiger partial charge is 0.0772 e. The van der Waals surface area contributed by atoms with Gasteiger partial charge in [0.15, 0.2) is 0 Å². The molecule has 0 aliphatic heterocycles. The quantitative estimate of drug-likeness (QED) is 0.544. The van der Waals surface area contributed by atoms with E-state index in [-0.39, 0.29) is 6.04 Å². The Kier molecular flexibility index (Phi) is 1.78. The highest BCUT2D eigenvalue weighted by Crippen LogP contribution is 2.28. The fraction of sp³-hybridized carbons (Fsp3) is 0.857. The minimum absolute atomic E-state index is 0.206. The Morgan fingerprint density at radius 1 is 1.78 bits per heavy atom. The first-order valence-electron chi connectivity index (χ1n) is 3.42. The Hall–Kier alpha value is -0.0800. The number of rotatable bonds is 1. The first-order chi connectivity index (χ1) is 4.17. The fourth-order valence-electron chi connectivity index (χ4n) is 1.47. The first-order valence-corrected chi connectivity index (χ1v) is 3.42. The Balaban J connectivity index is 2.52. The van der Waals surface area contributed by atoms with E-state index in [1.54, 1.807) is 0 Å². The molecule has 1 saturated carbocycles. The van der Waals surface area contributed by atoms with Crippen LogP contribution in [0.4, 0.5) is 0 Å². The van der Waals surface area contributed by atoms with Gasteiger partial charge < -0.3 is 10.4 Å². The van der Waals surface area contributed by atoms with Gasteiger partial charge in [0.1, 0.15) is 0 Å². The molecule has 2 nitrogen and oxygen atoms in total. The lowest BCUT2D eigenvalue weighted by molar-refractivity contribution is 0.0435. The van der Waals surface area contributed by atoms with Crippen LogP contribution in [0.3, 0.4) is 0 Å². The summed E-state index contributed by atoms with van der Waals surface area (Å²) in [6.07, 6.45) is 3.07. The van der Waals surface area contributed by atoms with Crippen LogP contribution in [-0.4, -0.2) is 16.7 Å². The lowest BCUT2D eigenvalue weighted by atomic mass is 10.0. The molecule has 0 heterocycles. The molecule has 1 radical (unpaired) electrons. The van der Waals surface area contributed by atoms with E-state index in [9.17, 15) is 5.11 Å². The zero-order valence-corrected chi connectivity index (χ0v) is 5.85. The van der Waals surface area contributed by atoms with Gasteiger partial charge in [-0.05, 0) is 26.2 Å². The van der Waals surface area contributed by atoms with Gasteiger partial charge in [-0.1, -0.05) is 0 Å². The van der Waals surface area contributed by atoms with Crippen LogP contribution >= 0.6 is 0 Å². The number of hydrogen-bond donors (Lipinski definition) is 2. The summed E-state index contributed by atoms with van der Waals surface area (Å²) in [6, 6.07) is 0.206. The molecule has 1 aliphatic rings. The minimum atomic E-state index is -0.512. The summed E-state index contributed by atoms with van der Waals surface area (Å²) in [5.74, 6) is 0. The van der Waals surface area contributed by atoms with Crippen molar-refractivity contribution in [3.63, 3.8) is 0 Å². The van der Waals surface area contributed by atoms with Gasteiger partial charge in [-0.2, -0.15) is 0 Å². The molecule has 2 N–H and O–H groups in total. The maximum Gasteiger partial charge on any atom is 0.0772 e. The molecule has 9 heavy (non-hydrogen) atoms. The molecular formula is C7H14NO. The molecule has 53 valence electrons. The molecule has 0 aromatic carbocycles. The summed E-state index contributed by atoms with van der Waals surface area (Å²) in [6.45, 7) is 1.86. The van der Waals surface area contributed by atoms with Crippen molar-refractivity contribution in [1.29, 1.82) is 0 Å². The molecule has 1 rings (SSSR count). The minimum Gasteiger partial charge on any atom is -0.389 e. The summed E-state index contributed by atoms with van der Waals surface area (Å²) in [5.41, 5.74) is -0.512. The van der Waals surface area contributed by atoms with Crippen molar-refractivity contribution in [2.24, 2.45) is 0 Å². The number of aliphatic hydroxyl groups is 1. The van der Waals surface area contributed by atoms with Crippen LogP contribution < -0.4 is 5.32 Å². The van der Waals surface area contributed by atoms with Gasteiger partial charge in [-0.25, -0.2) is 0 Å². The van der Waals surface area contributed by atoms with Gasteiger partial charge in [0.25, 0.3) is 0 Å². The monoisotopic (exact) mass is 128 g/mol. The predicted octanol–water partition coefficient (Wildman–Crippen LogP) is 0.671. The summed E-state index contributed by atoms with van der Waals surface area (Å²) >= 11 is 0. The second-order valence-electron chi connectivity index (χ2n) is 3.01. The van der Waals surface area contributed by atoms with Crippen LogP contribution in [0.5, 0.6) is 0 Å². The Morgan fingerprint density at radius 2 is 2.44 bits per heavy atom. The molecule has 2 heteroatoms. The molecule has 1 aliphatic carbocycles. The second kappa shape index (κ2) is 2.27. The zero-order valence-electron chi connectivity index (χ0n) is 5.85. The van der Waals surface area contributed by atoms with E-state index >= 15 is 0 Å². The molecule has 2 atom stereocenters. The van der Waals surface area contributed by atoms with Crippen LogP contribution in [-0.2, 0) is 0 Å². The van der Waals surface area contributed by atoms with E-state index in [1.165, 1.54) is 0 Å². The molecule has 0 saturated heterocycles. The van der Waals surface area contributed by atoms with Crippen LogP contribution in [0.25, 0.3) is 0 Å². The van der Waals surface area contributed by atoms with Crippen molar-refractivity contribution in [3.05, 3.63) is 7.05 Å². The summed E-state index contributed by atoms with van der Waals surface area (Å²) in [4.78, 5) is 0. The standard InChI is InChI=1S/C7H14NO/c1-7(9)5-3-4-6(7)8-2/h6,8-9H,2-5H2,1H3. The Morgan fingerprint density at radius 3 is 2.67 bits per heavy atom. The lowest BCUT2D eigenvalue weighted by Gasteiger charge is -2.24. The van der Waals surface area contributed by atoms with Crippen LogP contribution in [0.2, 0.25) is 0 Å². The molecule has 0 amide bonds. The van der Waals surface area contributed by atoms with E-state index in [0.717, 1.165) is 19.3 Å². The molecule has 0 aromatic heterocycles. The first kappa shape index (κ1) is 7.03. The largest absolute Gasteiger partial charge is 0.389 e. The van der Waals surface area contributed by atoms with Crippen molar-refractivity contribution in [1.82, 2.24) is 5.32 Å². The number of hydrogen-bond acceptors (Lipinski definition) is 2. The van der Waals surface area contributed by atoms with Crippen LogP contribution in [0.15, 0.2) is 0 Å². The van der Waals surface area contributed by atoms with Gasteiger partial charge in [-0.15, -0.1) is 0 Å². The van der Waals surface area contributed by atoms with Gasteiger partial charge >= 0.3 is 0 Å². The SMILES string of the molecule is [CH2]NC1CCCC1(C)O. The second-order valence-corrected chi connectivity index (χ2v) is 3.01. The Labute approximate surface area is 56.3 Å². The third kappa shape index (κ3) is 1.25. The highest BCUT2D eigenvalue weighted by Gasteiger charge is 2.35. The third-order valence-electron chi connectivity index (χ3n) is 2.17. The molecule has 0 spiro atoms. The molecule has 2 unspecified atom stereocenters. The number of nitrogens with one attached hydrogen (secondary N) is 1. The molecule has 0 bridgehead atoms. The topological polar surface area (TPSA) is 32.3 Å². The van der Waals surface area contributed by atoms with Gasteiger partial charge in [-0.3, -0.25) is 0 Å². The van der Waals surface area contributed by atoms with Crippen LogP contribution in [0.1, 0.15) is 26.2 Å². The maximum absolute atomic E-state index is 9.55. The normalized spacial score (nSPS) is 43.7. The van der Waals surface area contributed by atoms with E-state index in [4.69, 9.17) is 0 Å². The maximum atomic E-state index is 9.55. The molecular weight excluding hydrogens is 114 g/mol. The van der Waals surface area contributed by atoms with E-state index < -0.39 is 5.60 Å². The van der Waals surface area contributed by atoms with Crippen molar-refractivity contribution in [2.45, 2.75) is 37.8 Å². The predicted molar refractivity (Wildman–Crippen MR) is 36.8 cm³/mol. The van der Waals surface area contributed by atoms with E-state index in [0.29, 0.717) is 0 Å². The highest BCUT2D eigenvalue weighted by atomic mass is 16.3. The van der Waals surface area contributed by atoms with Crippen molar-refractivity contribution in [3.8, 4) is 0 Å². The summed E-state index contributed by atoms with van der Waals surface area (Å²) < 4.78 is 0. The van der Waals surface area contributed by atoms with Crippen molar-refractivity contribution in [2.75, 3.05) is 0 Å². The van der Waals surface area contributed by atoms with Gasteiger partial charge in [0.2, 0.25) is 0 Å². The zero-order chi connectivity index (χ0) is 6.91. The average Bonchev–Trinajstić information content (AvgIpc) is 2.08. The van der Waals surface area contributed by atoms with Gasteiger partial charge in [0.05, 0.1) is 5.60 Å². The molecule has 1 fully saturated rings.